The number of nitrogens with zero attached hydrogens (tertiary/aromatic N) is 2. The first kappa shape index (κ1) is 15.0. The van der Waals surface area contributed by atoms with Crippen LogP contribution in [-0.2, 0) is 19.6 Å². The van der Waals surface area contributed by atoms with Crippen molar-refractivity contribution in [1.29, 1.82) is 0 Å². The summed E-state index contributed by atoms with van der Waals surface area (Å²) >= 11 is 0. The van der Waals surface area contributed by atoms with E-state index in [9.17, 15) is 13.2 Å². The smallest absolute Gasteiger partial charge is 0.243 e. The molecule has 1 aliphatic heterocycles. The SMILES string of the molecule is CN(CC(=O)N1CCOCC1)S(=O)(=O)c1ccccc1. The second-order valence-electron chi connectivity index (χ2n) is 4.57. The molecule has 2 rings (SSSR count). The molecule has 1 amide bonds. The summed E-state index contributed by atoms with van der Waals surface area (Å²) in [5.74, 6) is -0.199. The summed E-state index contributed by atoms with van der Waals surface area (Å²) in [6, 6.07) is 8.10. The summed E-state index contributed by atoms with van der Waals surface area (Å²) in [4.78, 5) is 13.9. The normalized spacial score (nSPS) is 16.4. The Morgan fingerprint density at radius 1 is 1.25 bits per heavy atom. The molecule has 6 nitrogen and oxygen atoms in total. The van der Waals surface area contributed by atoms with Crippen molar-refractivity contribution in [3.63, 3.8) is 0 Å². The predicted molar refractivity (Wildman–Crippen MR) is 73.7 cm³/mol. The standard InChI is InChI=1S/C13H18N2O4S/c1-14(11-13(16)15-7-9-19-10-8-15)20(17,18)12-5-3-2-4-6-12/h2-6H,7-11H2,1H3. The third-order valence-corrected chi connectivity index (χ3v) is 4.99. The van der Waals surface area contributed by atoms with Gasteiger partial charge in [-0.1, -0.05) is 18.2 Å². The lowest BCUT2D eigenvalue weighted by Gasteiger charge is -2.28. The van der Waals surface area contributed by atoms with E-state index in [2.05, 4.69) is 0 Å². The molecule has 0 radical (unpaired) electrons. The maximum Gasteiger partial charge on any atom is 0.243 e. The molecule has 1 aromatic rings. The second kappa shape index (κ2) is 6.34. The monoisotopic (exact) mass is 298 g/mol. The van der Waals surface area contributed by atoms with Gasteiger partial charge in [-0.2, -0.15) is 4.31 Å². The number of morpholine rings is 1. The molecule has 1 fully saturated rings. The summed E-state index contributed by atoms with van der Waals surface area (Å²) in [6.45, 7) is 1.87. The van der Waals surface area contributed by atoms with E-state index < -0.39 is 10.0 Å². The number of likely N-dealkylation sites (N-methyl/N-ethyl adjacent to an activating group) is 1. The number of carbonyl (C=O) groups is 1. The van der Waals surface area contributed by atoms with Gasteiger partial charge in [-0.05, 0) is 12.1 Å². The first-order valence-corrected chi connectivity index (χ1v) is 7.83. The summed E-state index contributed by atoms with van der Waals surface area (Å²) in [5, 5.41) is 0. The Hall–Kier alpha value is -1.44. The van der Waals surface area contributed by atoms with Gasteiger partial charge in [0.05, 0.1) is 24.7 Å². The quantitative estimate of drug-likeness (QED) is 0.794. The Kier molecular flexibility index (Phi) is 4.74. The molecule has 20 heavy (non-hydrogen) atoms. The maximum atomic E-state index is 12.3. The van der Waals surface area contributed by atoms with Gasteiger partial charge in [0.2, 0.25) is 15.9 Å². The molecule has 0 saturated carbocycles. The zero-order chi connectivity index (χ0) is 14.6. The number of hydrogen-bond acceptors (Lipinski definition) is 4. The van der Waals surface area contributed by atoms with Gasteiger partial charge in [-0.15, -0.1) is 0 Å². The van der Waals surface area contributed by atoms with Gasteiger partial charge in [-0.25, -0.2) is 8.42 Å². The minimum atomic E-state index is -3.62. The van der Waals surface area contributed by atoms with Crippen LogP contribution in [-0.4, -0.2) is 63.4 Å². The van der Waals surface area contributed by atoms with E-state index in [0.717, 1.165) is 4.31 Å². The van der Waals surface area contributed by atoms with Crippen LogP contribution in [0.5, 0.6) is 0 Å². The Labute approximate surface area is 119 Å². The van der Waals surface area contributed by atoms with Gasteiger partial charge in [0.25, 0.3) is 0 Å². The van der Waals surface area contributed by atoms with Crippen LogP contribution >= 0.6 is 0 Å². The number of ether oxygens (including phenoxy) is 1. The Bertz CT molecular complexity index is 553. The molecule has 0 atom stereocenters. The lowest BCUT2D eigenvalue weighted by molar-refractivity contribution is -0.135. The summed E-state index contributed by atoms with van der Waals surface area (Å²) in [7, 11) is -2.20. The molecule has 7 heteroatoms. The minimum Gasteiger partial charge on any atom is -0.378 e. The van der Waals surface area contributed by atoms with Crippen LogP contribution < -0.4 is 0 Å². The van der Waals surface area contributed by atoms with Crippen LogP contribution in [0.1, 0.15) is 0 Å². The average Bonchev–Trinajstić information content (AvgIpc) is 2.49. The maximum absolute atomic E-state index is 12.3. The van der Waals surface area contributed by atoms with Crippen LogP contribution in [0.15, 0.2) is 35.2 Å². The van der Waals surface area contributed by atoms with Crippen molar-refractivity contribution < 1.29 is 17.9 Å². The van der Waals surface area contributed by atoms with E-state index in [1.165, 1.54) is 19.2 Å². The summed E-state index contributed by atoms with van der Waals surface area (Å²) in [5.41, 5.74) is 0. The van der Waals surface area contributed by atoms with Crippen LogP contribution in [0.2, 0.25) is 0 Å². The molecule has 110 valence electrons. The minimum absolute atomic E-state index is 0.156. The molecule has 1 aliphatic rings. The zero-order valence-corrected chi connectivity index (χ0v) is 12.2. The van der Waals surface area contributed by atoms with E-state index in [-0.39, 0.29) is 17.3 Å². The van der Waals surface area contributed by atoms with Crippen LogP contribution in [0.25, 0.3) is 0 Å². The van der Waals surface area contributed by atoms with Crippen molar-refractivity contribution in [3.05, 3.63) is 30.3 Å². The molecular weight excluding hydrogens is 280 g/mol. The highest BCUT2D eigenvalue weighted by Gasteiger charge is 2.25. The molecule has 0 aromatic heterocycles. The number of hydrogen-bond donors (Lipinski definition) is 0. The second-order valence-corrected chi connectivity index (χ2v) is 6.61. The van der Waals surface area contributed by atoms with Crippen LogP contribution in [0.4, 0.5) is 0 Å². The number of carbonyl (C=O) groups excluding carboxylic acids is 1. The third-order valence-electron chi connectivity index (χ3n) is 3.17. The van der Waals surface area contributed by atoms with E-state index >= 15 is 0 Å². The lowest BCUT2D eigenvalue weighted by atomic mass is 10.4. The fraction of sp³-hybridized carbons (Fsp3) is 0.462. The van der Waals surface area contributed by atoms with Crippen molar-refractivity contribution in [2.45, 2.75) is 4.90 Å². The summed E-state index contributed by atoms with van der Waals surface area (Å²) < 4.78 is 30.8. The van der Waals surface area contributed by atoms with Gasteiger partial charge >= 0.3 is 0 Å². The van der Waals surface area contributed by atoms with E-state index in [0.29, 0.717) is 26.3 Å². The topological polar surface area (TPSA) is 66.9 Å². The Morgan fingerprint density at radius 3 is 2.45 bits per heavy atom. The molecule has 0 spiro atoms. The Balaban J connectivity index is 2.04. The highest BCUT2D eigenvalue weighted by molar-refractivity contribution is 7.89. The molecule has 1 saturated heterocycles. The van der Waals surface area contributed by atoms with Crippen LogP contribution in [0.3, 0.4) is 0 Å². The molecule has 1 aromatic carbocycles. The summed E-state index contributed by atoms with van der Waals surface area (Å²) in [6.07, 6.45) is 0. The van der Waals surface area contributed by atoms with Crippen molar-refractivity contribution in [2.24, 2.45) is 0 Å². The van der Waals surface area contributed by atoms with Gasteiger partial charge < -0.3 is 9.64 Å². The molecule has 1 heterocycles. The van der Waals surface area contributed by atoms with E-state index in [1.807, 2.05) is 0 Å². The highest BCUT2D eigenvalue weighted by Crippen LogP contribution is 2.13. The van der Waals surface area contributed by atoms with Crippen molar-refractivity contribution in [1.82, 2.24) is 9.21 Å². The number of sulfonamides is 1. The van der Waals surface area contributed by atoms with Gasteiger partial charge in [0.1, 0.15) is 0 Å². The predicted octanol–water partition coefficient (Wildman–Crippen LogP) is 0.166. The van der Waals surface area contributed by atoms with E-state index in [4.69, 9.17) is 4.74 Å². The fourth-order valence-corrected chi connectivity index (χ4v) is 3.10. The molecule has 0 bridgehead atoms. The lowest BCUT2D eigenvalue weighted by Crippen LogP contribution is -2.46. The van der Waals surface area contributed by atoms with Crippen LogP contribution in [0, 0.1) is 0 Å². The number of rotatable bonds is 4. The van der Waals surface area contributed by atoms with Gasteiger partial charge in [-0.3, -0.25) is 4.79 Å². The number of amides is 1. The average molecular weight is 298 g/mol. The fourth-order valence-electron chi connectivity index (χ4n) is 1.96. The first-order chi connectivity index (χ1) is 9.51. The molecule has 0 unspecified atom stereocenters. The first-order valence-electron chi connectivity index (χ1n) is 6.39. The van der Waals surface area contributed by atoms with Gasteiger partial charge in [0, 0.05) is 20.1 Å². The Morgan fingerprint density at radius 2 is 1.85 bits per heavy atom. The number of benzene rings is 1. The van der Waals surface area contributed by atoms with Crippen molar-refractivity contribution >= 4 is 15.9 Å². The highest BCUT2D eigenvalue weighted by atomic mass is 32.2. The third kappa shape index (κ3) is 3.36. The van der Waals surface area contributed by atoms with Crippen molar-refractivity contribution in [2.75, 3.05) is 39.9 Å². The van der Waals surface area contributed by atoms with E-state index in [1.54, 1.807) is 23.1 Å². The largest absolute Gasteiger partial charge is 0.378 e. The van der Waals surface area contributed by atoms with Gasteiger partial charge in [0.15, 0.2) is 0 Å². The molecular formula is C13H18N2O4S. The molecule has 0 aliphatic carbocycles. The van der Waals surface area contributed by atoms with Crippen molar-refractivity contribution in [3.8, 4) is 0 Å². The zero-order valence-electron chi connectivity index (χ0n) is 11.4. The molecule has 0 N–H and O–H groups in total.